The number of anilines is 2. The molecule has 0 amide bonds. The number of aryl methyl sites for hydroxylation is 2. The van der Waals surface area contributed by atoms with E-state index in [-0.39, 0.29) is 0 Å². The maximum atomic E-state index is 5.73. The SMILES string of the molecule is Cc1ccc(N(C)c2nnccc2CN)c(C)c1. The first-order valence-electron chi connectivity index (χ1n) is 5.95. The van der Waals surface area contributed by atoms with E-state index in [1.807, 2.05) is 18.0 Å². The Bertz CT molecular complexity index is 551. The number of hydrogen-bond acceptors (Lipinski definition) is 4. The first kappa shape index (κ1) is 12.5. The van der Waals surface area contributed by atoms with E-state index in [9.17, 15) is 0 Å². The lowest BCUT2D eigenvalue weighted by molar-refractivity contribution is 0.932. The molecule has 0 atom stereocenters. The quantitative estimate of drug-likeness (QED) is 0.897. The largest absolute Gasteiger partial charge is 0.327 e. The summed E-state index contributed by atoms with van der Waals surface area (Å²) in [6, 6.07) is 8.25. The topological polar surface area (TPSA) is 55.0 Å². The fourth-order valence-corrected chi connectivity index (χ4v) is 2.09. The van der Waals surface area contributed by atoms with Gasteiger partial charge in [0.05, 0.1) is 6.20 Å². The molecule has 2 N–H and O–H groups in total. The monoisotopic (exact) mass is 242 g/mol. The van der Waals surface area contributed by atoms with Crippen LogP contribution in [-0.2, 0) is 6.54 Å². The molecule has 0 aliphatic carbocycles. The number of nitrogens with two attached hydrogens (primary N) is 1. The predicted octanol–water partition coefficient (Wildman–Crippen LogP) is 2.32. The van der Waals surface area contributed by atoms with Gasteiger partial charge in [0.25, 0.3) is 0 Å². The van der Waals surface area contributed by atoms with Gasteiger partial charge in [0, 0.05) is 24.8 Å². The normalized spacial score (nSPS) is 10.4. The summed E-state index contributed by atoms with van der Waals surface area (Å²) in [5.74, 6) is 0.812. The summed E-state index contributed by atoms with van der Waals surface area (Å²) in [6.45, 7) is 4.64. The van der Waals surface area contributed by atoms with E-state index >= 15 is 0 Å². The standard InChI is InChI=1S/C14H18N4/c1-10-4-5-13(11(2)8-10)18(3)14-12(9-15)6-7-16-17-14/h4-8H,9,15H2,1-3H3. The van der Waals surface area contributed by atoms with Gasteiger partial charge in [-0.3, -0.25) is 0 Å². The maximum absolute atomic E-state index is 5.73. The average Bonchev–Trinajstić information content (AvgIpc) is 2.38. The van der Waals surface area contributed by atoms with Gasteiger partial charge in [0.15, 0.2) is 5.82 Å². The lowest BCUT2D eigenvalue weighted by Crippen LogP contribution is -2.16. The smallest absolute Gasteiger partial charge is 0.159 e. The molecular formula is C14H18N4. The fraction of sp³-hybridized carbons (Fsp3) is 0.286. The lowest BCUT2D eigenvalue weighted by atomic mass is 10.1. The van der Waals surface area contributed by atoms with Crippen LogP contribution in [0.25, 0.3) is 0 Å². The molecule has 0 saturated heterocycles. The van der Waals surface area contributed by atoms with Gasteiger partial charge in [-0.2, -0.15) is 5.10 Å². The zero-order valence-electron chi connectivity index (χ0n) is 11.0. The molecule has 4 nitrogen and oxygen atoms in total. The van der Waals surface area contributed by atoms with E-state index < -0.39 is 0 Å². The third-order valence-corrected chi connectivity index (χ3v) is 3.03. The Morgan fingerprint density at radius 2 is 2.00 bits per heavy atom. The van der Waals surface area contributed by atoms with E-state index in [1.54, 1.807) is 6.20 Å². The molecule has 94 valence electrons. The summed E-state index contributed by atoms with van der Waals surface area (Å²) in [6.07, 6.45) is 1.67. The Labute approximate surface area is 107 Å². The highest BCUT2D eigenvalue weighted by atomic mass is 15.2. The fourth-order valence-electron chi connectivity index (χ4n) is 2.09. The molecule has 0 spiro atoms. The molecule has 0 aliphatic heterocycles. The molecule has 0 aliphatic rings. The Morgan fingerprint density at radius 1 is 1.22 bits per heavy atom. The molecule has 0 saturated carbocycles. The third-order valence-electron chi connectivity index (χ3n) is 3.03. The number of nitrogens with zero attached hydrogens (tertiary/aromatic N) is 3. The molecule has 1 aromatic heterocycles. The van der Waals surface area contributed by atoms with Crippen molar-refractivity contribution in [2.75, 3.05) is 11.9 Å². The predicted molar refractivity (Wildman–Crippen MR) is 73.9 cm³/mol. The second-order valence-corrected chi connectivity index (χ2v) is 4.43. The lowest BCUT2D eigenvalue weighted by Gasteiger charge is -2.22. The Kier molecular flexibility index (Phi) is 3.58. The Hall–Kier alpha value is -1.94. The van der Waals surface area contributed by atoms with Crippen molar-refractivity contribution < 1.29 is 0 Å². The van der Waals surface area contributed by atoms with Crippen molar-refractivity contribution in [1.29, 1.82) is 0 Å². The van der Waals surface area contributed by atoms with Crippen LogP contribution in [0.3, 0.4) is 0 Å². The summed E-state index contributed by atoms with van der Waals surface area (Å²) < 4.78 is 0. The molecular weight excluding hydrogens is 224 g/mol. The van der Waals surface area contributed by atoms with Crippen molar-refractivity contribution in [1.82, 2.24) is 10.2 Å². The molecule has 1 heterocycles. The van der Waals surface area contributed by atoms with Gasteiger partial charge >= 0.3 is 0 Å². The third kappa shape index (κ3) is 2.33. The molecule has 0 radical (unpaired) electrons. The van der Waals surface area contributed by atoms with Gasteiger partial charge in [0.1, 0.15) is 0 Å². The van der Waals surface area contributed by atoms with Gasteiger partial charge in [-0.1, -0.05) is 17.7 Å². The zero-order valence-corrected chi connectivity index (χ0v) is 11.0. The van der Waals surface area contributed by atoms with Crippen molar-refractivity contribution >= 4 is 11.5 Å². The van der Waals surface area contributed by atoms with Gasteiger partial charge in [-0.25, -0.2) is 0 Å². The minimum atomic E-state index is 0.458. The van der Waals surface area contributed by atoms with Crippen LogP contribution < -0.4 is 10.6 Å². The van der Waals surface area contributed by atoms with Crippen molar-refractivity contribution in [2.24, 2.45) is 5.73 Å². The van der Waals surface area contributed by atoms with Crippen LogP contribution in [0.5, 0.6) is 0 Å². The minimum Gasteiger partial charge on any atom is -0.327 e. The van der Waals surface area contributed by atoms with Crippen LogP contribution in [0.1, 0.15) is 16.7 Å². The van der Waals surface area contributed by atoms with Gasteiger partial charge in [-0.15, -0.1) is 5.10 Å². The summed E-state index contributed by atoms with van der Waals surface area (Å²) in [4.78, 5) is 2.03. The van der Waals surface area contributed by atoms with Crippen molar-refractivity contribution in [3.63, 3.8) is 0 Å². The highest BCUT2D eigenvalue weighted by Crippen LogP contribution is 2.27. The van der Waals surface area contributed by atoms with Crippen LogP contribution in [0.2, 0.25) is 0 Å². The molecule has 1 aromatic carbocycles. The van der Waals surface area contributed by atoms with Crippen LogP contribution in [0.15, 0.2) is 30.5 Å². The summed E-state index contributed by atoms with van der Waals surface area (Å²) in [7, 11) is 1.99. The van der Waals surface area contributed by atoms with E-state index in [2.05, 4.69) is 42.2 Å². The number of benzene rings is 1. The summed E-state index contributed by atoms with van der Waals surface area (Å²) in [5.41, 5.74) is 10.3. The number of aromatic nitrogens is 2. The van der Waals surface area contributed by atoms with Crippen LogP contribution in [0, 0.1) is 13.8 Å². The minimum absolute atomic E-state index is 0.458. The molecule has 0 bridgehead atoms. The van der Waals surface area contributed by atoms with Crippen LogP contribution >= 0.6 is 0 Å². The highest BCUT2D eigenvalue weighted by Gasteiger charge is 2.12. The van der Waals surface area contributed by atoms with E-state index in [4.69, 9.17) is 5.73 Å². The van der Waals surface area contributed by atoms with Gasteiger partial charge in [0.2, 0.25) is 0 Å². The van der Waals surface area contributed by atoms with E-state index in [0.29, 0.717) is 6.54 Å². The molecule has 0 unspecified atom stereocenters. The summed E-state index contributed by atoms with van der Waals surface area (Å²) in [5, 5.41) is 8.13. The van der Waals surface area contributed by atoms with Gasteiger partial charge in [-0.05, 0) is 31.5 Å². The second-order valence-electron chi connectivity index (χ2n) is 4.43. The van der Waals surface area contributed by atoms with Crippen molar-refractivity contribution in [3.05, 3.63) is 47.2 Å². The molecule has 4 heteroatoms. The Morgan fingerprint density at radius 3 is 2.67 bits per heavy atom. The van der Waals surface area contributed by atoms with Crippen LogP contribution in [0.4, 0.5) is 11.5 Å². The first-order valence-corrected chi connectivity index (χ1v) is 5.95. The number of hydrogen-bond donors (Lipinski definition) is 1. The average molecular weight is 242 g/mol. The number of rotatable bonds is 3. The van der Waals surface area contributed by atoms with Crippen molar-refractivity contribution in [3.8, 4) is 0 Å². The van der Waals surface area contributed by atoms with Crippen molar-refractivity contribution in [2.45, 2.75) is 20.4 Å². The van der Waals surface area contributed by atoms with E-state index in [1.165, 1.54) is 11.1 Å². The molecule has 18 heavy (non-hydrogen) atoms. The summed E-state index contributed by atoms with van der Waals surface area (Å²) >= 11 is 0. The van der Waals surface area contributed by atoms with Crippen LogP contribution in [-0.4, -0.2) is 17.2 Å². The highest BCUT2D eigenvalue weighted by molar-refractivity contribution is 5.65. The maximum Gasteiger partial charge on any atom is 0.159 e. The molecule has 2 rings (SSSR count). The molecule has 0 fully saturated rings. The van der Waals surface area contributed by atoms with Gasteiger partial charge < -0.3 is 10.6 Å². The first-order chi connectivity index (χ1) is 8.63. The molecule has 2 aromatic rings. The Balaban J connectivity index is 2.44. The zero-order chi connectivity index (χ0) is 13.1. The second kappa shape index (κ2) is 5.14. The van der Waals surface area contributed by atoms with E-state index in [0.717, 1.165) is 17.1 Å².